The topological polar surface area (TPSA) is 73.9 Å². The van der Waals surface area contributed by atoms with Gasteiger partial charge >= 0.3 is 6.03 Å². The number of carbonyl (C=O) groups is 2. The number of aryl methyl sites for hydroxylation is 1. The van der Waals surface area contributed by atoms with Gasteiger partial charge in [-0.15, -0.1) is 0 Å². The van der Waals surface area contributed by atoms with Gasteiger partial charge < -0.3 is 20.3 Å². The molecule has 7 heteroatoms. The molecule has 1 aromatic carbocycles. The lowest BCUT2D eigenvalue weighted by Gasteiger charge is -2.34. The first kappa shape index (κ1) is 23.5. The Bertz CT molecular complexity index is 719. The van der Waals surface area contributed by atoms with Gasteiger partial charge in [0, 0.05) is 38.4 Å². The van der Waals surface area contributed by atoms with Crippen LogP contribution in [-0.2, 0) is 16.0 Å². The third-order valence-electron chi connectivity index (χ3n) is 6.44. The lowest BCUT2D eigenvalue weighted by atomic mass is 9.88. The lowest BCUT2D eigenvalue weighted by molar-refractivity contribution is -0.117. The van der Waals surface area contributed by atoms with Gasteiger partial charge in [-0.05, 0) is 36.8 Å². The van der Waals surface area contributed by atoms with Crippen LogP contribution in [0, 0.1) is 5.92 Å². The second-order valence-corrected chi connectivity index (χ2v) is 8.72. The van der Waals surface area contributed by atoms with Crippen LogP contribution in [0.3, 0.4) is 0 Å². The molecule has 3 amide bonds. The summed E-state index contributed by atoms with van der Waals surface area (Å²) in [6, 6.07) is 7.86. The fraction of sp³-hybridized carbons (Fsp3) is 0.667. The maximum atomic E-state index is 12.4. The van der Waals surface area contributed by atoms with Crippen LogP contribution in [0.2, 0.25) is 0 Å². The Morgan fingerprint density at radius 3 is 2.58 bits per heavy atom. The van der Waals surface area contributed by atoms with Gasteiger partial charge in [0.15, 0.2) is 0 Å². The largest absolute Gasteiger partial charge is 0.376 e. The fourth-order valence-electron chi connectivity index (χ4n) is 4.46. The van der Waals surface area contributed by atoms with Crippen LogP contribution in [0.15, 0.2) is 24.3 Å². The van der Waals surface area contributed by atoms with Gasteiger partial charge in [0.1, 0.15) is 0 Å². The van der Waals surface area contributed by atoms with Crippen molar-refractivity contribution in [2.75, 3.05) is 51.2 Å². The van der Waals surface area contributed by atoms with E-state index in [1.54, 1.807) is 0 Å². The van der Waals surface area contributed by atoms with Gasteiger partial charge in [0.05, 0.1) is 19.3 Å². The van der Waals surface area contributed by atoms with Crippen molar-refractivity contribution in [1.82, 2.24) is 15.1 Å². The van der Waals surface area contributed by atoms with Crippen molar-refractivity contribution in [3.8, 4) is 0 Å². The summed E-state index contributed by atoms with van der Waals surface area (Å²) in [6.45, 7) is 8.46. The first-order valence-electron chi connectivity index (χ1n) is 11.8. The quantitative estimate of drug-likeness (QED) is 0.622. The summed E-state index contributed by atoms with van der Waals surface area (Å²) < 4.78 is 5.97. The zero-order chi connectivity index (χ0) is 22.1. The van der Waals surface area contributed by atoms with E-state index in [0.29, 0.717) is 57.9 Å². The van der Waals surface area contributed by atoms with Crippen LogP contribution in [0.4, 0.5) is 10.5 Å². The molecule has 0 radical (unpaired) electrons. The van der Waals surface area contributed by atoms with Crippen LogP contribution in [0.5, 0.6) is 0 Å². The Morgan fingerprint density at radius 1 is 1.10 bits per heavy atom. The number of nitrogens with one attached hydrogen (secondary N) is 2. The molecule has 172 valence electrons. The maximum absolute atomic E-state index is 12.4. The van der Waals surface area contributed by atoms with Crippen LogP contribution >= 0.6 is 0 Å². The SMILES string of the molecule is CCc1ccccc1NC(=O)CN1CCN(C(=O)NCCOC2CCCCC2C)CC1. The number of rotatable bonds is 8. The Kier molecular flexibility index (Phi) is 9.15. The Morgan fingerprint density at radius 2 is 1.84 bits per heavy atom. The lowest BCUT2D eigenvalue weighted by Crippen LogP contribution is -2.53. The van der Waals surface area contributed by atoms with E-state index in [-0.39, 0.29) is 11.9 Å². The number of nitrogens with zero attached hydrogens (tertiary/aromatic N) is 2. The molecule has 1 saturated heterocycles. The van der Waals surface area contributed by atoms with E-state index < -0.39 is 0 Å². The van der Waals surface area contributed by atoms with Gasteiger partial charge in [-0.25, -0.2) is 4.79 Å². The maximum Gasteiger partial charge on any atom is 0.317 e. The molecular formula is C24H38N4O3. The van der Waals surface area contributed by atoms with Crippen molar-refractivity contribution in [2.24, 2.45) is 5.92 Å². The molecule has 1 aromatic rings. The fourth-order valence-corrected chi connectivity index (χ4v) is 4.46. The zero-order valence-electron chi connectivity index (χ0n) is 19.1. The Hall–Kier alpha value is -2.12. The molecule has 2 unspecified atom stereocenters. The van der Waals surface area contributed by atoms with Gasteiger partial charge in [0.25, 0.3) is 0 Å². The van der Waals surface area contributed by atoms with Crippen LogP contribution in [0.1, 0.15) is 45.1 Å². The summed E-state index contributed by atoms with van der Waals surface area (Å²) in [4.78, 5) is 28.8. The minimum atomic E-state index is -0.0405. The van der Waals surface area contributed by atoms with Crippen molar-refractivity contribution < 1.29 is 14.3 Å². The number of hydrogen-bond acceptors (Lipinski definition) is 4. The monoisotopic (exact) mass is 430 g/mol. The summed E-state index contributed by atoms with van der Waals surface area (Å²) in [7, 11) is 0. The van der Waals surface area contributed by atoms with E-state index in [4.69, 9.17) is 4.74 Å². The zero-order valence-corrected chi connectivity index (χ0v) is 19.1. The predicted octanol–water partition coefficient (Wildman–Crippen LogP) is 3.11. The number of piperazine rings is 1. The summed E-state index contributed by atoms with van der Waals surface area (Å²) in [6.07, 6.45) is 6.14. The molecular weight excluding hydrogens is 392 g/mol. The molecule has 1 heterocycles. The predicted molar refractivity (Wildman–Crippen MR) is 123 cm³/mol. The molecule has 2 atom stereocenters. The molecule has 0 spiro atoms. The van der Waals surface area contributed by atoms with Gasteiger partial charge in [-0.2, -0.15) is 0 Å². The number of urea groups is 1. The van der Waals surface area contributed by atoms with Gasteiger partial charge in [-0.3, -0.25) is 9.69 Å². The number of anilines is 1. The molecule has 1 aliphatic carbocycles. The Labute approximate surface area is 186 Å². The first-order chi connectivity index (χ1) is 15.1. The van der Waals surface area contributed by atoms with Crippen LogP contribution in [-0.4, -0.2) is 73.7 Å². The molecule has 2 aliphatic rings. The minimum Gasteiger partial charge on any atom is -0.376 e. The first-order valence-corrected chi connectivity index (χ1v) is 11.8. The van der Waals surface area contributed by atoms with Crippen LogP contribution < -0.4 is 10.6 Å². The highest BCUT2D eigenvalue weighted by Crippen LogP contribution is 2.26. The van der Waals surface area contributed by atoms with Crippen LogP contribution in [0.25, 0.3) is 0 Å². The Balaban J connectivity index is 1.31. The van der Waals surface area contributed by atoms with Gasteiger partial charge in [-0.1, -0.05) is 44.9 Å². The van der Waals surface area contributed by atoms with E-state index in [2.05, 4.69) is 29.4 Å². The van der Waals surface area contributed by atoms with Crippen molar-refractivity contribution in [2.45, 2.75) is 52.1 Å². The molecule has 2 N–H and O–H groups in total. The smallest absolute Gasteiger partial charge is 0.317 e. The molecule has 1 saturated carbocycles. The van der Waals surface area contributed by atoms with E-state index >= 15 is 0 Å². The molecule has 1 aliphatic heterocycles. The molecule has 2 fully saturated rings. The molecule has 31 heavy (non-hydrogen) atoms. The van der Waals surface area contributed by atoms with Crippen molar-refractivity contribution >= 4 is 17.6 Å². The second-order valence-electron chi connectivity index (χ2n) is 8.72. The number of amides is 3. The summed E-state index contributed by atoms with van der Waals surface area (Å²) >= 11 is 0. The summed E-state index contributed by atoms with van der Waals surface area (Å²) in [5.74, 6) is 0.609. The number of para-hydroxylation sites is 1. The standard InChI is InChI=1S/C24H38N4O3/c1-3-20-9-5-6-10-21(20)26-23(29)18-27-13-15-28(16-14-27)24(30)25-12-17-31-22-11-7-4-8-19(22)2/h5-6,9-10,19,22H,3-4,7-8,11-18H2,1-2H3,(H,25,30)(H,26,29). The molecule has 7 nitrogen and oxygen atoms in total. The van der Waals surface area contributed by atoms with Crippen molar-refractivity contribution in [1.29, 1.82) is 0 Å². The number of ether oxygens (including phenoxy) is 1. The average molecular weight is 431 g/mol. The highest BCUT2D eigenvalue weighted by Gasteiger charge is 2.24. The minimum absolute atomic E-state index is 0.00658. The van der Waals surface area contributed by atoms with E-state index in [9.17, 15) is 9.59 Å². The van der Waals surface area contributed by atoms with Gasteiger partial charge in [0.2, 0.25) is 5.91 Å². The normalized spacial score (nSPS) is 22.2. The van der Waals surface area contributed by atoms with Crippen molar-refractivity contribution in [3.63, 3.8) is 0 Å². The summed E-state index contributed by atoms with van der Waals surface area (Å²) in [5, 5.41) is 5.99. The number of carbonyl (C=O) groups excluding carboxylic acids is 2. The van der Waals surface area contributed by atoms with E-state index in [1.165, 1.54) is 19.3 Å². The second kappa shape index (κ2) is 12.1. The molecule has 0 bridgehead atoms. The van der Waals surface area contributed by atoms with E-state index in [0.717, 1.165) is 24.1 Å². The average Bonchev–Trinajstić information content (AvgIpc) is 2.78. The summed E-state index contributed by atoms with van der Waals surface area (Å²) in [5.41, 5.74) is 2.03. The highest BCUT2D eigenvalue weighted by atomic mass is 16.5. The third kappa shape index (κ3) is 7.21. The number of hydrogen-bond donors (Lipinski definition) is 2. The third-order valence-corrected chi connectivity index (χ3v) is 6.44. The van der Waals surface area contributed by atoms with Crippen molar-refractivity contribution in [3.05, 3.63) is 29.8 Å². The molecule has 3 rings (SSSR count). The highest BCUT2D eigenvalue weighted by molar-refractivity contribution is 5.93. The van der Waals surface area contributed by atoms with E-state index in [1.807, 2.05) is 29.2 Å². The number of benzene rings is 1. The molecule has 0 aromatic heterocycles.